The third-order valence-corrected chi connectivity index (χ3v) is 6.38. The van der Waals surface area contributed by atoms with E-state index >= 15 is 0 Å². The molecule has 208 valence electrons. The smallest absolute Gasteiger partial charge is 0.490 e. The van der Waals surface area contributed by atoms with Crippen LogP contribution in [0.15, 0.2) is 48.7 Å². The number of benzene rings is 2. The van der Waals surface area contributed by atoms with Crippen molar-refractivity contribution in [1.29, 1.82) is 0 Å². The van der Waals surface area contributed by atoms with E-state index in [0.29, 0.717) is 56.1 Å². The van der Waals surface area contributed by atoms with Crippen molar-refractivity contribution in [3.63, 3.8) is 0 Å². The van der Waals surface area contributed by atoms with E-state index in [1.54, 1.807) is 16.7 Å². The maximum atomic E-state index is 14.9. The minimum Gasteiger partial charge on any atom is -0.490 e. The number of alkyl halides is 3. The molecule has 5 rings (SSSR count). The Labute approximate surface area is 219 Å². The fourth-order valence-corrected chi connectivity index (χ4v) is 4.49. The fraction of sp³-hybridized carbons (Fsp3) is 0.400. The molecule has 0 saturated carbocycles. The number of nitro groups is 1. The third kappa shape index (κ3) is 6.62. The van der Waals surface area contributed by atoms with Crippen LogP contribution in [0.4, 0.5) is 29.1 Å². The molecule has 2 aliphatic heterocycles. The first kappa shape index (κ1) is 26.4. The van der Waals surface area contributed by atoms with Gasteiger partial charge in [0.15, 0.2) is 0 Å². The molecule has 1 atom stereocenters. The Kier molecular flexibility index (Phi) is 7.35. The number of nitrogens with zero attached hydrogens (tertiary/aromatic N) is 4. The quantitative estimate of drug-likeness (QED) is 0.216. The molecule has 2 aliphatic rings. The highest BCUT2D eigenvalue weighted by Crippen LogP contribution is 2.30. The lowest BCUT2D eigenvalue weighted by atomic mass is 10.1. The molecular formula is C25H24F4N4O6. The van der Waals surface area contributed by atoms with Crippen LogP contribution in [0.1, 0.15) is 19.3 Å². The van der Waals surface area contributed by atoms with Gasteiger partial charge >= 0.3 is 18.2 Å². The molecular weight excluding hydrogens is 528 g/mol. The maximum absolute atomic E-state index is 14.9. The van der Waals surface area contributed by atoms with Gasteiger partial charge in [-0.3, -0.25) is 4.57 Å². The second-order valence-corrected chi connectivity index (χ2v) is 9.11. The summed E-state index contributed by atoms with van der Waals surface area (Å²) in [6, 6.07) is 9.99. The molecule has 10 nitrogen and oxygen atoms in total. The van der Waals surface area contributed by atoms with Crippen molar-refractivity contribution < 1.29 is 41.4 Å². The van der Waals surface area contributed by atoms with Gasteiger partial charge in [0.05, 0.1) is 5.69 Å². The Morgan fingerprint density at radius 2 is 1.72 bits per heavy atom. The third-order valence-electron chi connectivity index (χ3n) is 6.38. The molecule has 0 N–H and O–H groups in total. The van der Waals surface area contributed by atoms with Crippen LogP contribution in [0.5, 0.6) is 23.3 Å². The zero-order valence-corrected chi connectivity index (χ0v) is 20.5. The topological polar surface area (TPSA) is 101 Å². The van der Waals surface area contributed by atoms with E-state index in [0.717, 1.165) is 0 Å². The van der Waals surface area contributed by atoms with Crippen molar-refractivity contribution in [2.75, 3.05) is 24.6 Å². The van der Waals surface area contributed by atoms with E-state index < -0.39 is 17.1 Å². The first-order valence-electron chi connectivity index (χ1n) is 12.2. The molecule has 0 amide bonds. The number of aromatic nitrogens is 2. The van der Waals surface area contributed by atoms with Crippen LogP contribution in [0.3, 0.4) is 0 Å². The summed E-state index contributed by atoms with van der Waals surface area (Å²) in [7, 11) is 0. The average Bonchev–Trinajstić information content (AvgIpc) is 3.33. The van der Waals surface area contributed by atoms with Gasteiger partial charge in [-0.2, -0.15) is 0 Å². The van der Waals surface area contributed by atoms with Gasteiger partial charge < -0.3 is 34.0 Å². The van der Waals surface area contributed by atoms with Crippen molar-refractivity contribution >= 4 is 11.5 Å². The first-order chi connectivity index (χ1) is 18.6. The number of aryl methyl sites for hydroxylation is 1. The van der Waals surface area contributed by atoms with Crippen LogP contribution in [0.2, 0.25) is 0 Å². The molecule has 0 radical (unpaired) electrons. The molecule has 0 aliphatic carbocycles. The zero-order chi connectivity index (χ0) is 27.6. The number of halogens is 4. The van der Waals surface area contributed by atoms with Crippen molar-refractivity contribution in [2.45, 2.75) is 44.4 Å². The van der Waals surface area contributed by atoms with Crippen LogP contribution in [-0.2, 0) is 6.54 Å². The van der Waals surface area contributed by atoms with Crippen LogP contribution >= 0.6 is 0 Å². The van der Waals surface area contributed by atoms with E-state index in [-0.39, 0.29) is 36.4 Å². The predicted molar refractivity (Wildman–Crippen MR) is 129 cm³/mol. The largest absolute Gasteiger partial charge is 0.573 e. The van der Waals surface area contributed by atoms with Crippen molar-refractivity contribution in [2.24, 2.45) is 0 Å². The van der Waals surface area contributed by atoms with Gasteiger partial charge in [-0.1, -0.05) is 0 Å². The second kappa shape index (κ2) is 10.9. The average molecular weight is 552 g/mol. The summed E-state index contributed by atoms with van der Waals surface area (Å²) in [5, 5.41) is 10.9. The lowest BCUT2D eigenvalue weighted by Crippen LogP contribution is -2.38. The minimum atomic E-state index is -4.75. The molecule has 1 fully saturated rings. The number of ether oxygens (including phenoxy) is 4. The maximum Gasteiger partial charge on any atom is 0.573 e. The van der Waals surface area contributed by atoms with Gasteiger partial charge in [-0.15, -0.1) is 13.2 Å². The van der Waals surface area contributed by atoms with E-state index in [1.165, 1.54) is 36.5 Å². The summed E-state index contributed by atoms with van der Waals surface area (Å²) in [6.07, 6.45) is -2.20. The van der Waals surface area contributed by atoms with Crippen LogP contribution in [-0.4, -0.2) is 52.7 Å². The van der Waals surface area contributed by atoms with Crippen LogP contribution in [0, 0.1) is 15.9 Å². The van der Waals surface area contributed by atoms with Crippen LogP contribution in [0.25, 0.3) is 0 Å². The zero-order valence-electron chi connectivity index (χ0n) is 20.5. The number of hydrogen-bond acceptors (Lipinski definition) is 8. The highest BCUT2D eigenvalue weighted by Gasteiger charge is 2.31. The molecule has 1 aromatic heterocycles. The summed E-state index contributed by atoms with van der Waals surface area (Å²) in [5.74, 6) is -0.288. The Balaban J connectivity index is 1.09. The van der Waals surface area contributed by atoms with E-state index in [4.69, 9.17) is 14.2 Å². The number of piperidine rings is 1. The van der Waals surface area contributed by atoms with Gasteiger partial charge in [-0.05, 0) is 41.3 Å². The summed E-state index contributed by atoms with van der Waals surface area (Å²) in [6.45, 7) is 1.69. The van der Waals surface area contributed by atoms with Gasteiger partial charge in [-0.25, -0.2) is 4.39 Å². The Bertz CT molecular complexity index is 1310. The van der Waals surface area contributed by atoms with E-state index in [1.807, 2.05) is 4.90 Å². The number of imidazole rings is 1. The lowest BCUT2D eigenvalue weighted by molar-refractivity contribution is -0.389. The van der Waals surface area contributed by atoms with Gasteiger partial charge in [0.1, 0.15) is 48.1 Å². The predicted octanol–water partition coefficient (Wildman–Crippen LogP) is 5.11. The van der Waals surface area contributed by atoms with Crippen LogP contribution < -0.4 is 23.8 Å². The first-order valence-corrected chi connectivity index (χ1v) is 12.2. The van der Waals surface area contributed by atoms with E-state index in [2.05, 4.69) is 9.72 Å². The van der Waals surface area contributed by atoms with Gasteiger partial charge in [0.2, 0.25) is 0 Å². The summed E-state index contributed by atoms with van der Waals surface area (Å²) < 4.78 is 74.5. The standard InChI is InChI=1S/C25H24F4N4O6/c26-21-13-19(36-15-20-9-12-32-14-23(33(34)35)30-24(32)38-20)5-6-22(21)31-10-7-17(8-11-31)37-16-1-3-18(4-2-16)39-25(27,28)29/h1-6,13-14,17,20H,7-12,15H2. The number of hydrogen-bond donors (Lipinski definition) is 0. The number of rotatable bonds is 8. The monoisotopic (exact) mass is 552 g/mol. The summed E-state index contributed by atoms with van der Waals surface area (Å²) >= 11 is 0. The highest BCUT2D eigenvalue weighted by atomic mass is 19.4. The Hall–Kier alpha value is -4.23. The van der Waals surface area contributed by atoms with Gasteiger partial charge in [0, 0.05) is 49.9 Å². The molecule has 1 saturated heterocycles. The van der Waals surface area contributed by atoms with Crippen molar-refractivity contribution in [3.05, 3.63) is 64.6 Å². The van der Waals surface area contributed by atoms with Gasteiger partial charge in [0.25, 0.3) is 0 Å². The van der Waals surface area contributed by atoms with Crippen molar-refractivity contribution in [3.8, 4) is 23.3 Å². The van der Waals surface area contributed by atoms with E-state index in [9.17, 15) is 27.7 Å². The second-order valence-electron chi connectivity index (χ2n) is 9.11. The molecule has 14 heteroatoms. The molecule has 3 aromatic rings. The SMILES string of the molecule is O=[N+]([O-])c1cn2c(n1)OC(COc1ccc(N3CCC(Oc4ccc(OC(F)(F)F)cc4)CC3)c(F)c1)CC2. The minimum absolute atomic E-state index is 0.130. The molecule has 2 aromatic carbocycles. The van der Waals surface area contributed by atoms with Crippen molar-refractivity contribution in [1.82, 2.24) is 9.55 Å². The Morgan fingerprint density at radius 1 is 1.03 bits per heavy atom. The molecule has 0 bridgehead atoms. The normalized spacial score (nSPS) is 17.7. The molecule has 0 spiro atoms. The number of fused-ring (bicyclic) bond motifs is 1. The molecule has 39 heavy (non-hydrogen) atoms. The molecule has 3 heterocycles. The Morgan fingerprint density at radius 3 is 2.38 bits per heavy atom. The fourth-order valence-electron chi connectivity index (χ4n) is 4.49. The highest BCUT2D eigenvalue weighted by molar-refractivity contribution is 5.51. The number of anilines is 1. The summed E-state index contributed by atoms with van der Waals surface area (Å²) in [4.78, 5) is 16.1. The molecule has 1 unspecified atom stereocenters. The lowest BCUT2D eigenvalue weighted by Gasteiger charge is -2.34. The summed E-state index contributed by atoms with van der Waals surface area (Å²) in [5.41, 5.74) is 0.428.